The molecule has 1 aromatic heterocycles. The Morgan fingerprint density at radius 2 is 2.35 bits per heavy atom. The van der Waals surface area contributed by atoms with Gasteiger partial charge in [-0.25, -0.2) is 0 Å². The standard InChI is InChI=1S/C12H16ClNO2S/c1-2-7-14(8-3-4-12(15)16)9-10-5-6-11(13)17-10/h2,5-6H,1,3-4,7-9H2,(H,15,16). The Labute approximate surface area is 110 Å². The van der Waals surface area contributed by atoms with E-state index in [1.54, 1.807) is 11.3 Å². The molecule has 17 heavy (non-hydrogen) atoms. The zero-order valence-electron chi connectivity index (χ0n) is 9.56. The molecule has 0 radical (unpaired) electrons. The number of carboxylic acids is 1. The van der Waals surface area contributed by atoms with Crippen LogP contribution >= 0.6 is 22.9 Å². The predicted molar refractivity (Wildman–Crippen MR) is 71.7 cm³/mol. The van der Waals surface area contributed by atoms with Crippen molar-refractivity contribution in [3.8, 4) is 0 Å². The molecule has 0 bridgehead atoms. The Morgan fingerprint density at radius 3 is 2.88 bits per heavy atom. The van der Waals surface area contributed by atoms with Crippen molar-refractivity contribution in [3.63, 3.8) is 0 Å². The number of hydrogen-bond donors (Lipinski definition) is 1. The van der Waals surface area contributed by atoms with Crippen molar-refractivity contribution in [1.82, 2.24) is 4.90 Å². The zero-order chi connectivity index (χ0) is 12.7. The first kappa shape index (κ1) is 14.2. The fourth-order valence-corrected chi connectivity index (χ4v) is 2.66. The van der Waals surface area contributed by atoms with Gasteiger partial charge in [-0.05, 0) is 25.1 Å². The summed E-state index contributed by atoms with van der Waals surface area (Å²) in [5.74, 6) is -0.747. The van der Waals surface area contributed by atoms with E-state index in [1.807, 2.05) is 18.2 Å². The van der Waals surface area contributed by atoms with Crippen LogP contribution in [-0.2, 0) is 11.3 Å². The molecule has 0 spiro atoms. The average molecular weight is 274 g/mol. The normalized spacial score (nSPS) is 10.7. The number of nitrogens with zero attached hydrogens (tertiary/aromatic N) is 1. The third-order valence-corrected chi connectivity index (χ3v) is 3.48. The van der Waals surface area contributed by atoms with Gasteiger partial charge in [-0.2, -0.15) is 0 Å². The van der Waals surface area contributed by atoms with E-state index >= 15 is 0 Å². The summed E-state index contributed by atoms with van der Waals surface area (Å²) in [6, 6.07) is 3.88. The van der Waals surface area contributed by atoms with E-state index < -0.39 is 5.97 Å². The van der Waals surface area contributed by atoms with E-state index in [0.717, 1.165) is 24.0 Å². The van der Waals surface area contributed by atoms with Crippen LogP contribution in [0.5, 0.6) is 0 Å². The summed E-state index contributed by atoms with van der Waals surface area (Å²) in [4.78, 5) is 13.8. The van der Waals surface area contributed by atoms with Crippen molar-refractivity contribution in [2.24, 2.45) is 0 Å². The smallest absolute Gasteiger partial charge is 0.303 e. The van der Waals surface area contributed by atoms with E-state index in [9.17, 15) is 4.79 Å². The minimum atomic E-state index is -0.747. The maximum Gasteiger partial charge on any atom is 0.303 e. The highest BCUT2D eigenvalue weighted by atomic mass is 35.5. The minimum absolute atomic E-state index is 0.207. The van der Waals surface area contributed by atoms with Gasteiger partial charge in [0, 0.05) is 24.4 Å². The molecule has 1 N–H and O–H groups in total. The highest BCUT2D eigenvalue weighted by Gasteiger charge is 2.07. The van der Waals surface area contributed by atoms with Gasteiger partial charge in [0.15, 0.2) is 0 Å². The lowest BCUT2D eigenvalue weighted by Gasteiger charge is -2.19. The van der Waals surface area contributed by atoms with E-state index in [1.165, 1.54) is 4.88 Å². The molecule has 0 unspecified atom stereocenters. The zero-order valence-corrected chi connectivity index (χ0v) is 11.1. The van der Waals surface area contributed by atoms with Gasteiger partial charge in [0.1, 0.15) is 0 Å². The molecule has 1 rings (SSSR count). The maximum absolute atomic E-state index is 10.4. The molecule has 0 saturated heterocycles. The fourth-order valence-electron chi connectivity index (χ4n) is 1.53. The fraction of sp³-hybridized carbons (Fsp3) is 0.417. The summed E-state index contributed by atoms with van der Waals surface area (Å²) in [6.45, 7) is 6.02. The summed E-state index contributed by atoms with van der Waals surface area (Å²) in [5, 5.41) is 8.60. The Bertz CT molecular complexity index is 378. The van der Waals surface area contributed by atoms with Gasteiger partial charge in [0.25, 0.3) is 0 Å². The second-order valence-corrected chi connectivity index (χ2v) is 5.53. The van der Waals surface area contributed by atoms with Crippen molar-refractivity contribution >= 4 is 28.9 Å². The van der Waals surface area contributed by atoms with Crippen LogP contribution < -0.4 is 0 Å². The second kappa shape index (κ2) is 7.48. The van der Waals surface area contributed by atoms with Gasteiger partial charge in [-0.15, -0.1) is 17.9 Å². The van der Waals surface area contributed by atoms with Gasteiger partial charge in [-0.1, -0.05) is 17.7 Å². The van der Waals surface area contributed by atoms with Gasteiger partial charge in [0.05, 0.1) is 4.34 Å². The van der Waals surface area contributed by atoms with Crippen molar-refractivity contribution in [3.05, 3.63) is 34.0 Å². The second-order valence-electron chi connectivity index (χ2n) is 3.73. The van der Waals surface area contributed by atoms with Gasteiger partial charge >= 0.3 is 5.97 Å². The quantitative estimate of drug-likeness (QED) is 0.739. The first-order valence-electron chi connectivity index (χ1n) is 5.41. The monoisotopic (exact) mass is 273 g/mol. The molecule has 1 aromatic rings. The van der Waals surface area contributed by atoms with Crippen molar-refractivity contribution in [1.29, 1.82) is 0 Å². The van der Waals surface area contributed by atoms with Crippen molar-refractivity contribution in [2.45, 2.75) is 19.4 Å². The third-order valence-electron chi connectivity index (χ3n) is 2.26. The van der Waals surface area contributed by atoms with Crippen LogP contribution in [0.2, 0.25) is 4.34 Å². The number of carbonyl (C=O) groups is 1. The Hall–Kier alpha value is -0.840. The Kier molecular flexibility index (Phi) is 6.26. The minimum Gasteiger partial charge on any atom is -0.481 e. The SMILES string of the molecule is C=CCN(CCCC(=O)O)Cc1ccc(Cl)s1. The van der Waals surface area contributed by atoms with E-state index in [-0.39, 0.29) is 6.42 Å². The number of hydrogen-bond acceptors (Lipinski definition) is 3. The van der Waals surface area contributed by atoms with Crippen LogP contribution in [0, 0.1) is 0 Å². The lowest BCUT2D eigenvalue weighted by atomic mass is 10.3. The number of thiophene rings is 1. The Morgan fingerprint density at radius 1 is 1.59 bits per heavy atom. The van der Waals surface area contributed by atoms with Crippen molar-refractivity contribution in [2.75, 3.05) is 13.1 Å². The molecule has 0 atom stereocenters. The van der Waals surface area contributed by atoms with Gasteiger partial charge in [0.2, 0.25) is 0 Å². The molecule has 0 amide bonds. The van der Waals surface area contributed by atoms with Crippen molar-refractivity contribution < 1.29 is 9.90 Å². The first-order valence-corrected chi connectivity index (χ1v) is 6.60. The number of rotatable bonds is 8. The maximum atomic E-state index is 10.4. The predicted octanol–water partition coefficient (Wildman–Crippen LogP) is 3.25. The van der Waals surface area contributed by atoms with E-state index in [2.05, 4.69) is 11.5 Å². The van der Waals surface area contributed by atoms with Crippen LogP contribution in [0.15, 0.2) is 24.8 Å². The molecule has 5 heteroatoms. The highest BCUT2D eigenvalue weighted by molar-refractivity contribution is 7.16. The number of aliphatic carboxylic acids is 1. The molecule has 0 fully saturated rings. The molecule has 0 aromatic carbocycles. The summed E-state index contributed by atoms with van der Waals surface area (Å²) in [5.41, 5.74) is 0. The molecular formula is C12H16ClNO2S. The first-order chi connectivity index (χ1) is 8.11. The summed E-state index contributed by atoms with van der Waals surface area (Å²) in [7, 11) is 0. The van der Waals surface area contributed by atoms with Crippen LogP contribution in [0.1, 0.15) is 17.7 Å². The molecule has 0 aliphatic heterocycles. The highest BCUT2D eigenvalue weighted by Crippen LogP contribution is 2.22. The van der Waals surface area contributed by atoms with Gasteiger partial charge in [-0.3, -0.25) is 9.69 Å². The molecule has 94 valence electrons. The molecular weight excluding hydrogens is 258 g/mol. The average Bonchev–Trinajstić information content (AvgIpc) is 2.63. The molecule has 3 nitrogen and oxygen atoms in total. The number of halogens is 1. The van der Waals surface area contributed by atoms with Crippen LogP contribution in [-0.4, -0.2) is 29.1 Å². The lowest BCUT2D eigenvalue weighted by molar-refractivity contribution is -0.137. The van der Waals surface area contributed by atoms with E-state index in [4.69, 9.17) is 16.7 Å². The van der Waals surface area contributed by atoms with Gasteiger partial charge < -0.3 is 5.11 Å². The lowest BCUT2D eigenvalue weighted by Crippen LogP contribution is -2.24. The topological polar surface area (TPSA) is 40.5 Å². The van der Waals surface area contributed by atoms with E-state index in [0.29, 0.717) is 6.42 Å². The molecule has 0 saturated carbocycles. The third kappa shape index (κ3) is 5.86. The van der Waals surface area contributed by atoms with Crippen LogP contribution in [0.3, 0.4) is 0 Å². The summed E-state index contributed by atoms with van der Waals surface area (Å²) >= 11 is 7.42. The molecule has 1 heterocycles. The summed E-state index contributed by atoms with van der Waals surface area (Å²) < 4.78 is 0.782. The largest absolute Gasteiger partial charge is 0.481 e. The van der Waals surface area contributed by atoms with Crippen LogP contribution in [0.25, 0.3) is 0 Å². The number of carboxylic acid groups (broad SMARTS) is 1. The molecule has 0 aliphatic rings. The summed E-state index contributed by atoms with van der Waals surface area (Å²) in [6.07, 6.45) is 2.69. The Balaban J connectivity index is 2.42. The molecule has 0 aliphatic carbocycles. The van der Waals surface area contributed by atoms with Crippen LogP contribution in [0.4, 0.5) is 0 Å².